The zero-order valence-corrected chi connectivity index (χ0v) is 7.96. The summed E-state index contributed by atoms with van der Waals surface area (Å²) in [6.45, 7) is -0.127. The SMILES string of the molecule is OCc1csc(-c2cccnc2F)n1. The molecule has 2 aromatic heterocycles. The minimum atomic E-state index is -0.536. The molecule has 2 rings (SSSR count). The molecule has 2 aromatic rings. The molecule has 1 N–H and O–H groups in total. The molecule has 0 aliphatic rings. The number of aliphatic hydroxyl groups excluding tert-OH is 1. The van der Waals surface area contributed by atoms with E-state index in [0.29, 0.717) is 16.3 Å². The summed E-state index contributed by atoms with van der Waals surface area (Å²) >= 11 is 1.29. The molecule has 3 nitrogen and oxygen atoms in total. The molecule has 0 radical (unpaired) electrons. The molecule has 0 unspecified atom stereocenters. The third-order valence-electron chi connectivity index (χ3n) is 1.70. The van der Waals surface area contributed by atoms with Gasteiger partial charge in [0.1, 0.15) is 5.01 Å². The van der Waals surface area contributed by atoms with E-state index in [2.05, 4.69) is 9.97 Å². The monoisotopic (exact) mass is 210 g/mol. The van der Waals surface area contributed by atoms with Gasteiger partial charge in [0.15, 0.2) is 0 Å². The summed E-state index contributed by atoms with van der Waals surface area (Å²) in [6, 6.07) is 3.26. The van der Waals surface area contributed by atoms with Crippen LogP contribution >= 0.6 is 11.3 Å². The van der Waals surface area contributed by atoms with Crippen molar-refractivity contribution in [2.45, 2.75) is 6.61 Å². The second-order valence-electron chi connectivity index (χ2n) is 2.64. The lowest BCUT2D eigenvalue weighted by Gasteiger charge is -1.95. The molecular weight excluding hydrogens is 203 g/mol. The van der Waals surface area contributed by atoms with Gasteiger partial charge in [-0.3, -0.25) is 0 Å². The Balaban J connectivity index is 2.44. The van der Waals surface area contributed by atoms with Gasteiger partial charge in [-0.1, -0.05) is 0 Å². The van der Waals surface area contributed by atoms with E-state index in [1.165, 1.54) is 17.5 Å². The van der Waals surface area contributed by atoms with Gasteiger partial charge in [0.2, 0.25) is 5.95 Å². The van der Waals surface area contributed by atoms with Gasteiger partial charge in [-0.2, -0.15) is 4.39 Å². The van der Waals surface area contributed by atoms with Gasteiger partial charge >= 0.3 is 0 Å². The largest absolute Gasteiger partial charge is 0.390 e. The highest BCUT2D eigenvalue weighted by Crippen LogP contribution is 2.24. The van der Waals surface area contributed by atoms with E-state index in [4.69, 9.17) is 5.11 Å². The summed E-state index contributed by atoms with van der Waals surface area (Å²) in [4.78, 5) is 7.58. The van der Waals surface area contributed by atoms with Crippen LogP contribution in [0.15, 0.2) is 23.7 Å². The van der Waals surface area contributed by atoms with Crippen LogP contribution in [0.5, 0.6) is 0 Å². The lowest BCUT2D eigenvalue weighted by molar-refractivity contribution is 0.278. The summed E-state index contributed by atoms with van der Waals surface area (Å²) in [5, 5.41) is 11.0. The fraction of sp³-hybridized carbons (Fsp3) is 0.111. The van der Waals surface area contributed by atoms with E-state index in [0.717, 1.165) is 0 Å². The molecular formula is C9H7FN2OS. The minimum Gasteiger partial charge on any atom is -0.390 e. The Bertz CT molecular complexity index is 444. The second kappa shape index (κ2) is 3.81. The van der Waals surface area contributed by atoms with Crippen molar-refractivity contribution in [1.29, 1.82) is 0 Å². The number of hydrogen-bond acceptors (Lipinski definition) is 4. The highest BCUT2D eigenvalue weighted by Gasteiger charge is 2.09. The Morgan fingerprint density at radius 2 is 2.36 bits per heavy atom. The van der Waals surface area contributed by atoms with Gasteiger partial charge < -0.3 is 5.11 Å². The van der Waals surface area contributed by atoms with E-state index in [1.807, 2.05) is 0 Å². The van der Waals surface area contributed by atoms with E-state index in [-0.39, 0.29) is 6.61 Å². The average molecular weight is 210 g/mol. The topological polar surface area (TPSA) is 46.0 Å². The highest BCUT2D eigenvalue weighted by molar-refractivity contribution is 7.13. The zero-order valence-electron chi connectivity index (χ0n) is 7.14. The van der Waals surface area contributed by atoms with Crippen LogP contribution < -0.4 is 0 Å². The first-order chi connectivity index (χ1) is 6.81. The van der Waals surface area contributed by atoms with Crippen molar-refractivity contribution >= 4 is 11.3 Å². The van der Waals surface area contributed by atoms with Crippen molar-refractivity contribution in [3.05, 3.63) is 35.4 Å². The standard InChI is InChI=1S/C9H7FN2OS/c10-8-7(2-1-3-11-8)9-12-6(4-13)5-14-9/h1-3,5,13H,4H2. The van der Waals surface area contributed by atoms with Crippen LogP contribution in [-0.2, 0) is 6.61 Å². The molecule has 0 aromatic carbocycles. The van der Waals surface area contributed by atoms with Gasteiger partial charge in [-0.25, -0.2) is 9.97 Å². The van der Waals surface area contributed by atoms with Crippen LogP contribution in [0.1, 0.15) is 5.69 Å². The Hall–Kier alpha value is -1.33. The fourth-order valence-corrected chi connectivity index (χ4v) is 1.87. The smallest absolute Gasteiger partial charge is 0.223 e. The number of nitrogens with zero attached hydrogens (tertiary/aromatic N) is 2. The van der Waals surface area contributed by atoms with Crippen molar-refractivity contribution < 1.29 is 9.50 Å². The second-order valence-corrected chi connectivity index (χ2v) is 3.50. The molecule has 14 heavy (non-hydrogen) atoms. The van der Waals surface area contributed by atoms with E-state index < -0.39 is 5.95 Å². The summed E-state index contributed by atoms with van der Waals surface area (Å²) in [5.41, 5.74) is 0.922. The van der Waals surface area contributed by atoms with Crippen LogP contribution in [-0.4, -0.2) is 15.1 Å². The number of halogens is 1. The van der Waals surface area contributed by atoms with Crippen LogP contribution in [0.3, 0.4) is 0 Å². The molecule has 0 aliphatic heterocycles. The quantitative estimate of drug-likeness (QED) is 0.769. The summed E-state index contributed by atoms with van der Waals surface area (Å²) in [7, 11) is 0. The van der Waals surface area contributed by atoms with Gasteiger partial charge in [0.25, 0.3) is 0 Å². The first-order valence-corrected chi connectivity index (χ1v) is 4.85. The van der Waals surface area contributed by atoms with E-state index in [9.17, 15) is 4.39 Å². The van der Waals surface area contributed by atoms with E-state index >= 15 is 0 Å². The number of aliphatic hydroxyl groups is 1. The van der Waals surface area contributed by atoms with Crippen LogP contribution in [0.2, 0.25) is 0 Å². The van der Waals surface area contributed by atoms with Crippen molar-refractivity contribution in [2.24, 2.45) is 0 Å². The summed E-state index contributed by atoms with van der Waals surface area (Å²) in [6.07, 6.45) is 1.39. The fourth-order valence-electron chi connectivity index (χ4n) is 1.05. The van der Waals surface area contributed by atoms with Crippen molar-refractivity contribution in [3.63, 3.8) is 0 Å². The highest BCUT2D eigenvalue weighted by atomic mass is 32.1. The lowest BCUT2D eigenvalue weighted by Crippen LogP contribution is -1.88. The molecule has 0 atom stereocenters. The van der Waals surface area contributed by atoms with Crippen molar-refractivity contribution in [3.8, 4) is 10.6 Å². The summed E-state index contributed by atoms with van der Waals surface area (Å²) in [5.74, 6) is -0.536. The Morgan fingerprint density at radius 1 is 1.50 bits per heavy atom. The first-order valence-electron chi connectivity index (χ1n) is 3.97. The molecule has 0 saturated carbocycles. The molecule has 0 fully saturated rings. The lowest BCUT2D eigenvalue weighted by atomic mass is 10.3. The maximum absolute atomic E-state index is 13.2. The predicted octanol–water partition coefficient (Wildman–Crippen LogP) is 1.84. The first kappa shape index (κ1) is 9.23. The normalized spacial score (nSPS) is 10.4. The Morgan fingerprint density at radius 3 is 3.00 bits per heavy atom. The number of pyridine rings is 1. The minimum absolute atomic E-state index is 0.127. The number of rotatable bonds is 2. The molecule has 2 heterocycles. The third kappa shape index (κ3) is 1.64. The summed E-state index contributed by atoms with van der Waals surface area (Å²) < 4.78 is 13.2. The molecule has 0 spiro atoms. The molecule has 0 amide bonds. The number of thiazole rings is 1. The number of aromatic nitrogens is 2. The van der Waals surface area contributed by atoms with Crippen molar-refractivity contribution in [1.82, 2.24) is 9.97 Å². The van der Waals surface area contributed by atoms with Crippen molar-refractivity contribution in [2.75, 3.05) is 0 Å². The molecule has 0 aliphatic carbocycles. The maximum atomic E-state index is 13.2. The van der Waals surface area contributed by atoms with Gasteiger partial charge in [0, 0.05) is 11.6 Å². The van der Waals surface area contributed by atoms with Crippen LogP contribution in [0.25, 0.3) is 10.6 Å². The van der Waals surface area contributed by atoms with E-state index in [1.54, 1.807) is 17.5 Å². The number of hydrogen-bond donors (Lipinski definition) is 1. The predicted molar refractivity (Wildman–Crippen MR) is 51.2 cm³/mol. The average Bonchev–Trinajstić information content (AvgIpc) is 2.67. The molecule has 5 heteroatoms. The van der Waals surface area contributed by atoms with Crippen LogP contribution in [0.4, 0.5) is 4.39 Å². The van der Waals surface area contributed by atoms with Gasteiger partial charge in [-0.05, 0) is 12.1 Å². The third-order valence-corrected chi connectivity index (χ3v) is 2.63. The zero-order chi connectivity index (χ0) is 9.97. The molecule has 0 bridgehead atoms. The Kier molecular flexibility index (Phi) is 2.51. The molecule has 0 saturated heterocycles. The van der Waals surface area contributed by atoms with Gasteiger partial charge in [-0.15, -0.1) is 11.3 Å². The maximum Gasteiger partial charge on any atom is 0.223 e. The van der Waals surface area contributed by atoms with Gasteiger partial charge in [0.05, 0.1) is 17.9 Å². The molecule has 72 valence electrons. The Labute approximate surface area is 83.9 Å². The van der Waals surface area contributed by atoms with Crippen LogP contribution in [0, 0.1) is 5.95 Å².